The molecule has 0 saturated heterocycles. The van der Waals surface area contributed by atoms with Crippen molar-refractivity contribution in [3.63, 3.8) is 0 Å². The molecule has 1 N–H and O–H groups in total. The van der Waals surface area contributed by atoms with Crippen LogP contribution in [0.3, 0.4) is 0 Å². The fourth-order valence-corrected chi connectivity index (χ4v) is 7.00. The number of nitrogens with one attached hydrogen (secondary N) is 1. The Morgan fingerprint density at radius 3 is 2.11 bits per heavy atom. The van der Waals surface area contributed by atoms with Gasteiger partial charge in [0, 0.05) is 24.0 Å². The number of benzene rings is 4. The maximum Gasteiger partial charge on any atom is 0.264 e. The first-order valence-electron chi connectivity index (χ1n) is 15.5. The Morgan fingerprint density at radius 2 is 1.50 bits per heavy atom. The number of nitrogens with zero attached hydrogens (tertiary/aromatic N) is 2. The number of amides is 2. The van der Waals surface area contributed by atoms with E-state index < -0.39 is 28.5 Å². The minimum Gasteiger partial charge on any atom is -0.354 e. The van der Waals surface area contributed by atoms with E-state index in [2.05, 4.69) is 35.1 Å². The van der Waals surface area contributed by atoms with Crippen LogP contribution in [-0.2, 0) is 32.6 Å². The molecule has 4 rings (SSSR count). The van der Waals surface area contributed by atoms with Gasteiger partial charge in [-0.3, -0.25) is 13.9 Å². The molecule has 9 heteroatoms. The van der Waals surface area contributed by atoms with Crippen LogP contribution in [0.15, 0.2) is 112 Å². The van der Waals surface area contributed by atoms with E-state index in [1.54, 1.807) is 36.4 Å². The molecule has 0 fully saturated rings. The highest BCUT2D eigenvalue weighted by molar-refractivity contribution is 9.10. The van der Waals surface area contributed by atoms with Crippen molar-refractivity contribution in [1.82, 2.24) is 10.2 Å². The Labute approximate surface area is 281 Å². The smallest absolute Gasteiger partial charge is 0.264 e. The summed E-state index contributed by atoms with van der Waals surface area (Å²) in [4.78, 5) is 29.9. The standard InChI is InChI=1S/C37H42BrN3O4S/c1-5-22-39-37(43)35(24-29-10-7-6-8-11-29)40(25-30-12-9-13-32(38)23-30)36(42)26-41(33-18-16-31(17-19-33)27(2)3)46(44,45)34-20-14-28(4)15-21-34/h6-21,23,27,35H,5,22,24-26H2,1-4H3,(H,39,43)/t35-/m1/s1. The molecule has 0 unspecified atom stereocenters. The summed E-state index contributed by atoms with van der Waals surface area (Å²) in [7, 11) is -4.15. The SMILES string of the molecule is CCCNC(=O)[C@@H](Cc1ccccc1)N(Cc1cccc(Br)c1)C(=O)CN(c1ccc(C(C)C)cc1)S(=O)(=O)c1ccc(C)cc1. The summed E-state index contributed by atoms with van der Waals surface area (Å²) in [6, 6.07) is 30.0. The van der Waals surface area contributed by atoms with E-state index in [0.717, 1.165) is 37.5 Å². The largest absolute Gasteiger partial charge is 0.354 e. The summed E-state index contributed by atoms with van der Waals surface area (Å²) in [5.41, 5.74) is 4.04. The number of halogens is 1. The fourth-order valence-electron chi connectivity index (χ4n) is 5.14. The van der Waals surface area contributed by atoms with Gasteiger partial charge in [0.25, 0.3) is 10.0 Å². The molecular weight excluding hydrogens is 662 g/mol. The van der Waals surface area contributed by atoms with Crippen molar-refractivity contribution in [2.75, 3.05) is 17.4 Å². The second kappa shape index (κ2) is 16.1. The van der Waals surface area contributed by atoms with Gasteiger partial charge < -0.3 is 10.2 Å². The summed E-state index contributed by atoms with van der Waals surface area (Å²) in [6.45, 7) is 8.07. The maximum absolute atomic E-state index is 14.6. The molecule has 0 aliphatic rings. The Balaban J connectivity index is 1.80. The quantitative estimate of drug-likeness (QED) is 0.150. The van der Waals surface area contributed by atoms with Crippen LogP contribution in [0.25, 0.3) is 0 Å². The molecule has 46 heavy (non-hydrogen) atoms. The highest BCUT2D eigenvalue weighted by Gasteiger charge is 2.34. The summed E-state index contributed by atoms with van der Waals surface area (Å²) < 4.78 is 30.4. The van der Waals surface area contributed by atoms with Crippen LogP contribution >= 0.6 is 15.9 Å². The number of carbonyl (C=O) groups excluding carboxylic acids is 2. The van der Waals surface area contributed by atoms with Gasteiger partial charge in [-0.05, 0) is 72.4 Å². The first-order chi connectivity index (χ1) is 22.0. The highest BCUT2D eigenvalue weighted by atomic mass is 79.9. The third-order valence-electron chi connectivity index (χ3n) is 7.80. The number of carbonyl (C=O) groups is 2. The lowest BCUT2D eigenvalue weighted by molar-refractivity contribution is -0.140. The number of rotatable bonds is 14. The number of anilines is 1. The van der Waals surface area contributed by atoms with E-state index in [1.165, 1.54) is 4.90 Å². The minimum atomic E-state index is -4.15. The zero-order valence-electron chi connectivity index (χ0n) is 26.8. The fraction of sp³-hybridized carbons (Fsp3) is 0.297. The zero-order chi connectivity index (χ0) is 33.3. The third kappa shape index (κ3) is 9.07. The van der Waals surface area contributed by atoms with Crippen LogP contribution in [0.5, 0.6) is 0 Å². The molecule has 0 heterocycles. The van der Waals surface area contributed by atoms with Crippen molar-refractivity contribution in [3.8, 4) is 0 Å². The second-order valence-corrected chi connectivity index (χ2v) is 14.5. The van der Waals surface area contributed by atoms with Gasteiger partial charge in [-0.1, -0.05) is 109 Å². The highest BCUT2D eigenvalue weighted by Crippen LogP contribution is 2.27. The van der Waals surface area contributed by atoms with E-state index in [-0.39, 0.29) is 29.7 Å². The molecule has 0 radical (unpaired) electrons. The third-order valence-corrected chi connectivity index (χ3v) is 10.1. The summed E-state index contributed by atoms with van der Waals surface area (Å²) >= 11 is 3.52. The molecule has 0 aliphatic carbocycles. The van der Waals surface area contributed by atoms with Gasteiger partial charge in [-0.25, -0.2) is 8.42 Å². The minimum absolute atomic E-state index is 0.0823. The van der Waals surface area contributed by atoms with E-state index in [0.29, 0.717) is 12.2 Å². The van der Waals surface area contributed by atoms with Gasteiger partial charge in [0.2, 0.25) is 11.8 Å². The lowest BCUT2D eigenvalue weighted by Gasteiger charge is -2.34. The van der Waals surface area contributed by atoms with Crippen LogP contribution in [0, 0.1) is 6.92 Å². The van der Waals surface area contributed by atoms with Crippen molar-refractivity contribution in [2.24, 2.45) is 0 Å². The molecular formula is C37H42BrN3O4S. The molecule has 2 amide bonds. The van der Waals surface area contributed by atoms with Crippen molar-refractivity contribution in [1.29, 1.82) is 0 Å². The lowest BCUT2D eigenvalue weighted by atomic mass is 10.0. The van der Waals surface area contributed by atoms with Crippen molar-refractivity contribution in [2.45, 2.75) is 63.9 Å². The van der Waals surface area contributed by atoms with Gasteiger partial charge in [0.1, 0.15) is 12.6 Å². The van der Waals surface area contributed by atoms with E-state index in [4.69, 9.17) is 0 Å². The number of aryl methyl sites for hydroxylation is 1. The molecule has 242 valence electrons. The Bertz CT molecular complexity index is 1710. The van der Waals surface area contributed by atoms with Crippen LogP contribution < -0.4 is 9.62 Å². The molecule has 0 aromatic heterocycles. The second-order valence-electron chi connectivity index (χ2n) is 11.7. The van der Waals surface area contributed by atoms with Gasteiger partial charge in [-0.2, -0.15) is 0 Å². The first kappa shape index (κ1) is 34.9. The zero-order valence-corrected chi connectivity index (χ0v) is 29.2. The number of hydrogen-bond acceptors (Lipinski definition) is 4. The van der Waals surface area contributed by atoms with Crippen LogP contribution in [0.4, 0.5) is 5.69 Å². The van der Waals surface area contributed by atoms with Gasteiger partial charge in [-0.15, -0.1) is 0 Å². The molecule has 0 aliphatic heterocycles. The predicted molar refractivity (Wildman–Crippen MR) is 188 cm³/mol. The van der Waals surface area contributed by atoms with Gasteiger partial charge in [0.05, 0.1) is 10.6 Å². The average Bonchev–Trinajstić information content (AvgIpc) is 3.04. The van der Waals surface area contributed by atoms with Crippen LogP contribution in [0.2, 0.25) is 0 Å². The Morgan fingerprint density at radius 1 is 0.848 bits per heavy atom. The van der Waals surface area contributed by atoms with Crippen molar-refractivity contribution >= 4 is 43.5 Å². The van der Waals surface area contributed by atoms with Gasteiger partial charge >= 0.3 is 0 Å². The lowest BCUT2D eigenvalue weighted by Crippen LogP contribution is -2.53. The van der Waals surface area contributed by atoms with Crippen LogP contribution in [0.1, 0.15) is 55.4 Å². The van der Waals surface area contributed by atoms with Gasteiger partial charge in [0.15, 0.2) is 0 Å². The van der Waals surface area contributed by atoms with Crippen molar-refractivity contribution in [3.05, 3.63) is 130 Å². The molecule has 4 aromatic carbocycles. The average molecular weight is 705 g/mol. The predicted octanol–water partition coefficient (Wildman–Crippen LogP) is 7.24. The summed E-state index contributed by atoms with van der Waals surface area (Å²) in [5, 5.41) is 2.97. The molecule has 0 spiro atoms. The molecule has 1 atom stereocenters. The van der Waals surface area contributed by atoms with E-state index in [9.17, 15) is 18.0 Å². The monoisotopic (exact) mass is 703 g/mol. The molecule has 0 bridgehead atoms. The molecule has 0 saturated carbocycles. The van der Waals surface area contributed by atoms with E-state index in [1.807, 2.05) is 80.6 Å². The summed E-state index contributed by atoms with van der Waals surface area (Å²) in [6.07, 6.45) is 1.00. The normalized spacial score (nSPS) is 12.0. The molecule has 4 aromatic rings. The topological polar surface area (TPSA) is 86.8 Å². The van der Waals surface area contributed by atoms with E-state index >= 15 is 0 Å². The molecule has 7 nitrogen and oxygen atoms in total. The summed E-state index contributed by atoms with van der Waals surface area (Å²) in [5.74, 6) is -0.529. The Hall–Kier alpha value is -3.95. The van der Waals surface area contributed by atoms with Crippen molar-refractivity contribution < 1.29 is 18.0 Å². The number of sulfonamides is 1. The Kier molecular flexibility index (Phi) is 12.2. The number of hydrogen-bond donors (Lipinski definition) is 1. The first-order valence-corrected chi connectivity index (χ1v) is 17.8. The maximum atomic E-state index is 14.6. The van der Waals surface area contributed by atoms with Crippen LogP contribution in [-0.4, -0.2) is 44.3 Å².